The van der Waals surface area contributed by atoms with E-state index in [2.05, 4.69) is 35.1 Å². The predicted molar refractivity (Wildman–Crippen MR) is 68.1 cm³/mol. The first-order valence-electron chi connectivity index (χ1n) is 5.90. The number of benzene rings is 1. The minimum atomic E-state index is 0.136. The summed E-state index contributed by atoms with van der Waals surface area (Å²) in [6.07, 6.45) is 1.44. The van der Waals surface area contributed by atoms with Gasteiger partial charge in [0.15, 0.2) is 0 Å². The lowest BCUT2D eigenvalue weighted by Crippen LogP contribution is -1.95. The summed E-state index contributed by atoms with van der Waals surface area (Å²) in [6.45, 7) is 4.28. The topological polar surface area (TPSA) is 48.9 Å². The van der Waals surface area contributed by atoms with Crippen LogP contribution in [0.25, 0.3) is 0 Å². The fourth-order valence-electron chi connectivity index (χ4n) is 1.95. The van der Waals surface area contributed by atoms with Crippen LogP contribution in [0.15, 0.2) is 24.3 Å². The molecular weight excluding hydrogens is 212 g/mol. The van der Waals surface area contributed by atoms with E-state index in [1.807, 2.05) is 13.0 Å². The van der Waals surface area contributed by atoms with Crippen molar-refractivity contribution >= 4 is 0 Å². The molecule has 1 heterocycles. The molecule has 0 aliphatic heterocycles. The van der Waals surface area contributed by atoms with Crippen molar-refractivity contribution in [1.82, 2.24) is 9.97 Å². The number of H-pyrrole nitrogens is 1. The zero-order chi connectivity index (χ0) is 12.3. The molecule has 0 fully saturated rings. The fourth-order valence-corrected chi connectivity index (χ4v) is 1.95. The molecule has 0 spiro atoms. The molecule has 0 amide bonds. The lowest BCUT2D eigenvalue weighted by molar-refractivity contribution is 0.297. The summed E-state index contributed by atoms with van der Waals surface area (Å²) in [5.41, 5.74) is 4.76. The monoisotopic (exact) mass is 230 g/mol. The molecule has 17 heavy (non-hydrogen) atoms. The number of hydrogen-bond acceptors (Lipinski definition) is 2. The van der Waals surface area contributed by atoms with E-state index in [1.54, 1.807) is 0 Å². The van der Waals surface area contributed by atoms with E-state index in [0.717, 1.165) is 23.6 Å². The second kappa shape index (κ2) is 5.15. The molecule has 2 aromatic rings. The normalized spacial score (nSPS) is 10.8. The number of aliphatic hydroxyl groups excluding tert-OH is 1. The fraction of sp³-hybridized carbons (Fsp3) is 0.357. The summed E-state index contributed by atoms with van der Waals surface area (Å²) < 4.78 is 0. The van der Waals surface area contributed by atoms with Gasteiger partial charge in [-0.25, -0.2) is 4.98 Å². The maximum atomic E-state index is 8.89. The number of aromatic amines is 1. The number of aliphatic hydroxyl groups is 1. The van der Waals surface area contributed by atoms with Crippen LogP contribution in [0, 0.1) is 13.8 Å². The zero-order valence-corrected chi connectivity index (χ0v) is 10.3. The Hall–Kier alpha value is -1.61. The Labute approximate surface area is 102 Å². The van der Waals surface area contributed by atoms with Gasteiger partial charge in [0, 0.05) is 18.5 Å². The van der Waals surface area contributed by atoms with Gasteiger partial charge < -0.3 is 10.1 Å². The molecule has 0 atom stereocenters. The second-order valence-corrected chi connectivity index (χ2v) is 4.33. The highest BCUT2D eigenvalue weighted by Crippen LogP contribution is 2.15. The Morgan fingerprint density at radius 3 is 2.71 bits per heavy atom. The number of rotatable bonds is 4. The minimum absolute atomic E-state index is 0.136. The van der Waals surface area contributed by atoms with E-state index in [4.69, 9.17) is 5.11 Å². The third kappa shape index (κ3) is 2.74. The molecule has 0 bridgehead atoms. The molecule has 90 valence electrons. The Kier molecular flexibility index (Phi) is 3.59. The van der Waals surface area contributed by atoms with Crippen LogP contribution in [0.3, 0.4) is 0 Å². The van der Waals surface area contributed by atoms with Crippen molar-refractivity contribution in [3.8, 4) is 0 Å². The predicted octanol–water partition coefficient (Wildman–Crippen LogP) is 2.15. The molecule has 1 aromatic carbocycles. The first-order valence-corrected chi connectivity index (χ1v) is 5.90. The van der Waals surface area contributed by atoms with Crippen LogP contribution in [0.1, 0.15) is 28.3 Å². The summed E-state index contributed by atoms with van der Waals surface area (Å²) in [6, 6.07) is 8.35. The maximum absolute atomic E-state index is 8.89. The van der Waals surface area contributed by atoms with Crippen molar-refractivity contribution in [1.29, 1.82) is 0 Å². The van der Waals surface area contributed by atoms with Gasteiger partial charge in [0.1, 0.15) is 5.82 Å². The average Bonchev–Trinajstić information content (AvgIpc) is 2.63. The van der Waals surface area contributed by atoms with Gasteiger partial charge in [-0.2, -0.15) is 0 Å². The molecule has 0 saturated heterocycles. The molecule has 2 N–H and O–H groups in total. The van der Waals surface area contributed by atoms with E-state index in [0.29, 0.717) is 6.42 Å². The van der Waals surface area contributed by atoms with Crippen LogP contribution in [-0.4, -0.2) is 21.7 Å². The average molecular weight is 230 g/mol. The Morgan fingerprint density at radius 1 is 1.24 bits per heavy atom. The van der Waals surface area contributed by atoms with E-state index < -0.39 is 0 Å². The van der Waals surface area contributed by atoms with Crippen LogP contribution in [-0.2, 0) is 12.8 Å². The Balaban J connectivity index is 2.21. The molecule has 0 radical (unpaired) electrons. The second-order valence-electron chi connectivity index (χ2n) is 4.33. The lowest BCUT2D eigenvalue weighted by atomic mass is 10.0. The smallest absolute Gasteiger partial charge is 0.108 e. The van der Waals surface area contributed by atoms with Gasteiger partial charge in [-0.15, -0.1) is 0 Å². The summed E-state index contributed by atoms with van der Waals surface area (Å²) in [4.78, 5) is 7.73. The van der Waals surface area contributed by atoms with Crippen LogP contribution in [0.2, 0.25) is 0 Å². The minimum Gasteiger partial charge on any atom is -0.396 e. The third-order valence-corrected chi connectivity index (χ3v) is 3.00. The number of imidazole rings is 1. The summed E-state index contributed by atoms with van der Waals surface area (Å²) >= 11 is 0. The van der Waals surface area contributed by atoms with Gasteiger partial charge in [0.2, 0.25) is 0 Å². The van der Waals surface area contributed by atoms with E-state index in [9.17, 15) is 0 Å². The van der Waals surface area contributed by atoms with Gasteiger partial charge in [-0.3, -0.25) is 0 Å². The maximum Gasteiger partial charge on any atom is 0.108 e. The van der Waals surface area contributed by atoms with Crippen molar-refractivity contribution in [2.75, 3.05) is 6.61 Å². The van der Waals surface area contributed by atoms with Gasteiger partial charge in [0.05, 0.1) is 12.3 Å². The number of aromatic nitrogens is 2. The molecule has 3 nitrogen and oxygen atoms in total. The highest BCUT2D eigenvalue weighted by molar-refractivity contribution is 5.31. The Bertz CT molecular complexity index is 503. The van der Waals surface area contributed by atoms with E-state index in [-0.39, 0.29) is 6.61 Å². The van der Waals surface area contributed by atoms with Crippen molar-refractivity contribution in [2.24, 2.45) is 0 Å². The molecule has 0 aliphatic carbocycles. The van der Waals surface area contributed by atoms with Crippen LogP contribution in [0.5, 0.6) is 0 Å². The standard InChI is InChI=1S/C14H18N2O/c1-10-5-3-4-6-12(10)9-13-11(2)15-14(16-13)7-8-17/h3-6,17H,7-9H2,1-2H3,(H,15,16). The molecular formula is C14H18N2O. The van der Waals surface area contributed by atoms with Crippen molar-refractivity contribution < 1.29 is 5.11 Å². The SMILES string of the molecule is Cc1ccccc1Cc1nc(CCO)[nH]c1C. The summed E-state index contributed by atoms with van der Waals surface area (Å²) in [7, 11) is 0. The Morgan fingerprint density at radius 2 is 2.00 bits per heavy atom. The number of aryl methyl sites for hydroxylation is 2. The van der Waals surface area contributed by atoms with E-state index in [1.165, 1.54) is 11.1 Å². The summed E-state index contributed by atoms with van der Waals surface area (Å²) in [5, 5.41) is 8.89. The first kappa shape index (κ1) is 11.9. The molecule has 3 heteroatoms. The van der Waals surface area contributed by atoms with Gasteiger partial charge in [0.25, 0.3) is 0 Å². The van der Waals surface area contributed by atoms with Crippen molar-refractivity contribution in [2.45, 2.75) is 26.7 Å². The highest BCUT2D eigenvalue weighted by atomic mass is 16.3. The van der Waals surface area contributed by atoms with Gasteiger partial charge in [-0.1, -0.05) is 24.3 Å². The van der Waals surface area contributed by atoms with Gasteiger partial charge >= 0.3 is 0 Å². The van der Waals surface area contributed by atoms with Crippen LogP contribution >= 0.6 is 0 Å². The van der Waals surface area contributed by atoms with Crippen LogP contribution in [0.4, 0.5) is 0 Å². The van der Waals surface area contributed by atoms with Crippen LogP contribution < -0.4 is 0 Å². The largest absolute Gasteiger partial charge is 0.396 e. The number of nitrogens with one attached hydrogen (secondary N) is 1. The summed E-state index contributed by atoms with van der Waals surface area (Å²) in [5.74, 6) is 0.869. The quantitative estimate of drug-likeness (QED) is 0.845. The number of hydrogen-bond donors (Lipinski definition) is 2. The molecule has 2 rings (SSSR count). The zero-order valence-electron chi connectivity index (χ0n) is 10.3. The first-order chi connectivity index (χ1) is 8.20. The van der Waals surface area contributed by atoms with E-state index >= 15 is 0 Å². The lowest BCUT2D eigenvalue weighted by Gasteiger charge is -2.03. The molecule has 0 saturated carbocycles. The molecule has 1 aromatic heterocycles. The highest BCUT2D eigenvalue weighted by Gasteiger charge is 2.08. The van der Waals surface area contributed by atoms with Crippen molar-refractivity contribution in [3.05, 3.63) is 52.6 Å². The molecule has 0 aliphatic rings. The number of nitrogens with zero attached hydrogens (tertiary/aromatic N) is 1. The van der Waals surface area contributed by atoms with Gasteiger partial charge in [-0.05, 0) is 25.0 Å². The third-order valence-electron chi connectivity index (χ3n) is 3.00. The molecule has 0 unspecified atom stereocenters. The van der Waals surface area contributed by atoms with Crippen molar-refractivity contribution in [3.63, 3.8) is 0 Å².